The number of carboxylic acids is 1. The fourth-order valence-electron chi connectivity index (χ4n) is 2.88. The van der Waals surface area contributed by atoms with Crippen molar-refractivity contribution in [2.75, 3.05) is 5.32 Å². The SMILES string of the molecule is O=C(Nc1ccc(C(F)(F)F)cc1)[C@@H]1[C@@H](C(=O)O)[C@H]2C=C[C@@H]1O2. The van der Waals surface area contributed by atoms with Crippen LogP contribution in [0.4, 0.5) is 18.9 Å². The van der Waals surface area contributed by atoms with Gasteiger partial charge in [0.2, 0.25) is 5.91 Å². The summed E-state index contributed by atoms with van der Waals surface area (Å²) in [6.45, 7) is 0. The Labute approximate surface area is 128 Å². The fraction of sp³-hybridized carbons (Fsp3) is 0.333. The van der Waals surface area contributed by atoms with E-state index in [2.05, 4.69) is 5.32 Å². The number of alkyl halides is 3. The van der Waals surface area contributed by atoms with E-state index in [4.69, 9.17) is 4.74 Å². The van der Waals surface area contributed by atoms with Gasteiger partial charge in [-0.15, -0.1) is 0 Å². The zero-order valence-electron chi connectivity index (χ0n) is 11.6. The molecule has 1 amide bonds. The highest BCUT2D eigenvalue weighted by Gasteiger charge is 2.53. The Hall–Kier alpha value is -2.35. The average molecular weight is 327 g/mol. The molecule has 1 fully saturated rings. The Balaban J connectivity index is 1.74. The molecular weight excluding hydrogens is 315 g/mol. The number of anilines is 1. The van der Waals surface area contributed by atoms with E-state index in [9.17, 15) is 27.9 Å². The first-order valence-electron chi connectivity index (χ1n) is 6.82. The van der Waals surface area contributed by atoms with Crippen molar-refractivity contribution in [2.45, 2.75) is 18.4 Å². The predicted octanol–water partition coefficient (Wildman–Crippen LogP) is 2.30. The number of hydrogen-bond acceptors (Lipinski definition) is 3. The van der Waals surface area contributed by atoms with Crippen LogP contribution in [-0.2, 0) is 20.5 Å². The summed E-state index contributed by atoms with van der Waals surface area (Å²) >= 11 is 0. The summed E-state index contributed by atoms with van der Waals surface area (Å²) < 4.78 is 42.9. The molecule has 0 unspecified atom stereocenters. The van der Waals surface area contributed by atoms with Crippen molar-refractivity contribution in [3.63, 3.8) is 0 Å². The van der Waals surface area contributed by atoms with Gasteiger partial charge in [0.05, 0.1) is 23.7 Å². The number of ether oxygens (including phenoxy) is 1. The summed E-state index contributed by atoms with van der Waals surface area (Å²) in [5, 5.41) is 11.7. The second-order valence-corrected chi connectivity index (χ2v) is 5.40. The Bertz CT molecular complexity index is 668. The standard InChI is InChI=1S/C15H12F3NO4/c16-15(17,18)7-1-3-8(4-2-7)19-13(20)11-9-5-6-10(23-9)12(11)14(21)22/h1-6,9-12H,(H,19,20)(H,21,22)/t9-,10+,11-,12-/m0/s1. The van der Waals surface area contributed by atoms with E-state index in [-0.39, 0.29) is 5.69 Å². The largest absolute Gasteiger partial charge is 0.481 e. The number of benzene rings is 1. The van der Waals surface area contributed by atoms with E-state index >= 15 is 0 Å². The van der Waals surface area contributed by atoms with E-state index in [0.29, 0.717) is 0 Å². The van der Waals surface area contributed by atoms with Gasteiger partial charge in [0.1, 0.15) is 5.92 Å². The van der Waals surface area contributed by atoms with Gasteiger partial charge in [0, 0.05) is 5.69 Å². The van der Waals surface area contributed by atoms with Crippen LogP contribution in [-0.4, -0.2) is 29.2 Å². The first-order valence-corrected chi connectivity index (χ1v) is 6.82. The highest BCUT2D eigenvalue weighted by molar-refractivity contribution is 5.96. The van der Waals surface area contributed by atoms with Gasteiger partial charge in [0.25, 0.3) is 0 Å². The molecule has 2 bridgehead atoms. The zero-order valence-corrected chi connectivity index (χ0v) is 11.6. The van der Waals surface area contributed by atoms with Gasteiger partial charge < -0.3 is 15.2 Å². The van der Waals surface area contributed by atoms with Crippen molar-refractivity contribution in [3.05, 3.63) is 42.0 Å². The van der Waals surface area contributed by atoms with E-state index in [1.54, 1.807) is 12.2 Å². The maximum atomic E-state index is 12.5. The molecular formula is C15H12F3NO4. The minimum Gasteiger partial charge on any atom is -0.481 e. The van der Waals surface area contributed by atoms with Gasteiger partial charge in [0.15, 0.2) is 0 Å². The molecule has 0 radical (unpaired) electrons. The summed E-state index contributed by atoms with van der Waals surface area (Å²) in [7, 11) is 0. The summed E-state index contributed by atoms with van der Waals surface area (Å²) in [5.41, 5.74) is -0.663. The van der Waals surface area contributed by atoms with Crippen molar-refractivity contribution in [1.29, 1.82) is 0 Å². The van der Waals surface area contributed by atoms with Gasteiger partial charge in [-0.2, -0.15) is 13.2 Å². The molecule has 8 heteroatoms. The van der Waals surface area contributed by atoms with Crippen molar-refractivity contribution in [2.24, 2.45) is 11.8 Å². The third-order valence-electron chi connectivity index (χ3n) is 3.97. The molecule has 23 heavy (non-hydrogen) atoms. The minimum absolute atomic E-state index is 0.166. The van der Waals surface area contributed by atoms with Crippen molar-refractivity contribution >= 4 is 17.6 Å². The number of aliphatic carboxylic acids is 1. The van der Waals surface area contributed by atoms with Crippen LogP contribution >= 0.6 is 0 Å². The summed E-state index contributed by atoms with van der Waals surface area (Å²) in [4.78, 5) is 23.6. The minimum atomic E-state index is -4.46. The summed E-state index contributed by atoms with van der Waals surface area (Å²) in [6, 6.07) is 3.95. The third kappa shape index (κ3) is 2.81. The van der Waals surface area contributed by atoms with Crippen molar-refractivity contribution in [3.8, 4) is 0 Å². The van der Waals surface area contributed by atoms with Gasteiger partial charge in [-0.05, 0) is 24.3 Å². The summed E-state index contributed by atoms with van der Waals surface area (Å²) in [6.07, 6.45) is -2.51. The van der Waals surface area contributed by atoms with Gasteiger partial charge in [-0.1, -0.05) is 12.2 Å². The van der Waals surface area contributed by atoms with Gasteiger partial charge >= 0.3 is 12.1 Å². The van der Waals surface area contributed by atoms with Crippen LogP contribution in [0, 0.1) is 11.8 Å². The quantitative estimate of drug-likeness (QED) is 0.835. The second kappa shape index (κ2) is 5.38. The molecule has 0 spiro atoms. The lowest BCUT2D eigenvalue weighted by Gasteiger charge is -2.21. The molecule has 2 heterocycles. The third-order valence-corrected chi connectivity index (χ3v) is 3.97. The highest BCUT2D eigenvalue weighted by Crippen LogP contribution is 2.40. The highest BCUT2D eigenvalue weighted by atomic mass is 19.4. The van der Waals surface area contributed by atoms with Crippen LogP contribution < -0.4 is 5.32 Å². The lowest BCUT2D eigenvalue weighted by molar-refractivity contribution is -0.146. The van der Waals surface area contributed by atoms with Crippen LogP contribution in [0.5, 0.6) is 0 Å². The molecule has 2 N–H and O–H groups in total. The molecule has 2 aliphatic rings. The molecule has 3 rings (SSSR count). The Morgan fingerprint density at radius 1 is 1.04 bits per heavy atom. The molecule has 0 saturated carbocycles. The number of hydrogen-bond donors (Lipinski definition) is 2. The molecule has 5 nitrogen and oxygen atoms in total. The normalized spacial score (nSPS) is 28.8. The number of rotatable bonds is 3. The number of halogens is 3. The van der Waals surface area contributed by atoms with Crippen LogP contribution in [0.2, 0.25) is 0 Å². The van der Waals surface area contributed by atoms with E-state index in [0.717, 1.165) is 24.3 Å². The molecule has 122 valence electrons. The zero-order chi connectivity index (χ0) is 16.8. The summed E-state index contributed by atoms with van der Waals surface area (Å²) in [5.74, 6) is -3.65. The Morgan fingerprint density at radius 3 is 2.13 bits per heavy atom. The Morgan fingerprint density at radius 2 is 1.61 bits per heavy atom. The first-order chi connectivity index (χ1) is 10.8. The molecule has 0 aromatic heterocycles. The fourth-order valence-corrected chi connectivity index (χ4v) is 2.88. The van der Waals surface area contributed by atoms with E-state index in [1.807, 2.05) is 0 Å². The number of nitrogens with one attached hydrogen (secondary N) is 1. The smallest absolute Gasteiger partial charge is 0.416 e. The number of carboxylic acid groups (broad SMARTS) is 1. The molecule has 0 aliphatic carbocycles. The topological polar surface area (TPSA) is 75.6 Å². The molecule has 4 atom stereocenters. The van der Waals surface area contributed by atoms with Crippen molar-refractivity contribution in [1.82, 2.24) is 0 Å². The lowest BCUT2D eigenvalue weighted by atomic mass is 9.82. The monoisotopic (exact) mass is 327 g/mol. The maximum Gasteiger partial charge on any atom is 0.416 e. The lowest BCUT2D eigenvalue weighted by Crippen LogP contribution is -2.39. The molecule has 1 saturated heterocycles. The van der Waals surface area contributed by atoms with Crippen LogP contribution in [0.25, 0.3) is 0 Å². The number of fused-ring (bicyclic) bond motifs is 2. The number of carbonyl (C=O) groups excluding carboxylic acids is 1. The predicted molar refractivity (Wildman–Crippen MR) is 72.5 cm³/mol. The van der Waals surface area contributed by atoms with Gasteiger partial charge in [-0.25, -0.2) is 0 Å². The van der Waals surface area contributed by atoms with Crippen molar-refractivity contribution < 1.29 is 32.6 Å². The first kappa shape index (κ1) is 15.5. The number of carbonyl (C=O) groups is 2. The second-order valence-electron chi connectivity index (χ2n) is 5.40. The van der Waals surface area contributed by atoms with Crippen LogP contribution in [0.3, 0.4) is 0 Å². The maximum absolute atomic E-state index is 12.5. The van der Waals surface area contributed by atoms with E-state index < -0.39 is 47.7 Å². The van der Waals surface area contributed by atoms with E-state index in [1.165, 1.54) is 0 Å². The van der Waals surface area contributed by atoms with Crippen LogP contribution in [0.1, 0.15) is 5.56 Å². The Kier molecular flexibility index (Phi) is 3.63. The molecule has 2 aliphatic heterocycles. The van der Waals surface area contributed by atoms with Gasteiger partial charge in [-0.3, -0.25) is 9.59 Å². The average Bonchev–Trinajstić information content (AvgIpc) is 3.07. The molecule has 1 aromatic rings. The molecule has 1 aromatic carbocycles. The number of amides is 1. The van der Waals surface area contributed by atoms with Crippen LogP contribution in [0.15, 0.2) is 36.4 Å².